The molecule has 104 valence electrons. The van der Waals surface area contributed by atoms with Gasteiger partial charge in [-0.3, -0.25) is 14.9 Å². The Hall–Kier alpha value is -2.35. The maximum atomic E-state index is 13.2. The molecular formula is C12H10FN3O3S. The van der Waals surface area contributed by atoms with Crippen LogP contribution in [0.3, 0.4) is 0 Å². The number of amides is 1. The van der Waals surface area contributed by atoms with Gasteiger partial charge in [-0.1, -0.05) is 0 Å². The molecule has 0 fully saturated rings. The number of nitro groups is 1. The van der Waals surface area contributed by atoms with Gasteiger partial charge in [-0.05, 0) is 19.1 Å². The van der Waals surface area contributed by atoms with Crippen molar-refractivity contribution in [3.63, 3.8) is 0 Å². The normalized spacial score (nSPS) is 10.3. The van der Waals surface area contributed by atoms with Gasteiger partial charge in [0.1, 0.15) is 5.01 Å². The molecule has 0 saturated heterocycles. The third kappa shape index (κ3) is 3.15. The van der Waals surface area contributed by atoms with Gasteiger partial charge in [0.2, 0.25) is 5.82 Å². The lowest BCUT2D eigenvalue weighted by Crippen LogP contribution is -2.22. The second-order valence-corrected chi connectivity index (χ2v) is 5.29. The molecule has 0 aliphatic carbocycles. The molecule has 20 heavy (non-hydrogen) atoms. The number of nitro benzene ring substituents is 1. The molecule has 0 radical (unpaired) electrons. The summed E-state index contributed by atoms with van der Waals surface area (Å²) in [5.74, 6) is -1.48. The molecule has 2 rings (SSSR count). The number of halogens is 1. The summed E-state index contributed by atoms with van der Waals surface area (Å²) in [4.78, 5) is 26.7. The number of aryl methyl sites for hydroxylation is 1. The van der Waals surface area contributed by atoms with Crippen LogP contribution in [-0.4, -0.2) is 15.8 Å². The number of hydrogen-bond donors (Lipinski definition) is 1. The predicted octanol–water partition coefficient (Wildman–Crippen LogP) is 2.43. The van der Waals surface area contributed by atoms with Gasteiger partial charge in [0.25, 0.3) is 5.91 Å². The van der Waals surface area contributed by atoms with Gasteiger partial charge in [-0.15, -0.1) is 11.3 Å². The van der Waals surface area contributed by atoms with E-state index >= 15 is 0 Å². The molecule has 1 amide bonds. The first kappa shape index (κ1) is 14.1. The Kier molecular flexibility index (Phi) is 4.04. The fraction of sp³-hybridized carbons (Fsp3) is 0.167. The Balaban J connectivity index is 2.09. The van der Waals surface area contributed by atoms with Gasteiger partial charge in [0.05, 0.1) is 11.5 Å². The monoisotopic (exact) mass is 295 g/mol. The molecule has 6 nitrogen and oxygen atoms in total. The van der Waals surface area contributed by atoms with Gasteiger partial charge in [0, 0.05) is 22.7 Å². The van der Waals surface area contributed by atoms with E-state index in [-0.39, 0.29) is 12.1 Å². The smallest absolute Gasteiger partial charge is 0.305 e. The van der Waals surface area contributed by atoms with Gasteiger partial charge in [0.15, 0.2) is 0 Å². The Morgan fingerprint density at radius 3 is 2.90 bits per heavy atom. The minimum atomic E-state index is -0.970. The first-order valence-corrected chi connectivity index (χ1v) is 6.42. The van der Waals surface area contributed by atoms with Crippen LogP contribution in [0.4, 0.5) is 10.1 Å². The molecule has 2 aromatic rings. The number of hydrogen-bond acceptors (Lipinski definition) is 5. The summed E-state index contributed by atoms with van der Waals surface area (Å²) in [5.41, 5.74) is -0.686. The average molecular weight is 295 g/mol. The van der Waals surface area contributed by atoms with Crippen molar-refractivity contribution >= 4 is 22.9 Å². The van der Waals surface area contributed by atoms with Gasteiger partial charge >= 0.3 is 5.69 Å². The Bertz CT molecular complexity index is 672. The maximum Gasteiger partial charge on any atom is 0.305 e. The van der Waals surface area contributed by atoms with Gasteiger partial charge in [-0.25, -0.2) is 4.98 Å². The molecule has 1 heterocycles. The van der Waals surface area contributed by atoms with Crippen LogP contribution in [0, 0.1) is 22.9 Å². The highest BCUT2D eigenvalue weighted by Crippen LogP contribution is 2.18. The number of benzene rings is 1. The standard InChI is InChI=1S/C12H10FN3O3S/c1-7-5-14-11(20-7)6-15-12(17)8-2-3-9(13)10(4-8)16(18)19/h2-5H,6H2,1H3,(H,15,17). The lowest BCUT2D eigenvalue weighted by molar-refractivity contribution is -0.387. The van der Waals surface area contributed by atoms with Crippen LogP contribution in [0.1, 0.15) is 20.2 Å². The summed E-state index contributed by atoms with van der Waals surface area (Å²) < 4.78 is 13.2. The van der Waals surface area contributed by atoms with Crippen LogP contribution in [0.5, 0.6) is 0 Å². The largest absolute Gasteiger partial charge is 0.346 e. The highest BCUT2D eigenvalue weighted by atomic mass is 32.1. The van der Waals surface area contributed by atoms with E-state index in [0.717, 1.165) is 22.0 Å². The molecule has 8 heteroatoms. The molecule has 0 saturated carbocycles. The zero-order chi connectivity index (χ0) is 14.7. The molecule has 0 atom stereocenters. The number of carbonyl (C=O) groups is 1. The second kappa shape index (κ2) is 5.74. The van der Waals surface area contributed by atoms with E-state index in [4.69, 9.17) is 0 Å². The van der Waals surface area contributed by atoms with E-state index in [1.807, 2.05) is 6.92 Å². The van der Waals surface area contributed by atoms with Crippen molar-refractivity contribution < 1.29 is 14.1 Å². The van der Waals surface area contributed by atoms with Crippen molar-refractivity contribution in [3.05, 3.63) is 55.8 Å². The summed E-state index contributed by atoms with van der Waals surface area (Å²) in [6, 6.07) is 3.02. The number of thiazole rings is 1. The number of carbonyl (C=O) groups excluding carboxylic acids is 1. The fourth-order valence-corrected chi connectivity index (χ4v) is 2.26. The Labute approximate surface area is 117 Å². The average Bonchev–Trinajstić information content (AvgIpc) is 2.82. The van der Waals surface area contributed by atoms with Crippen LogP contribution in [-0.2, 0) is 6.54 Å². The first-order valence-electron chi connectivity index (χ1n) is 5.61. The molecule has 1 aromatic heterocycles. The van der Waals surface area contributed by atoms with Gasteiger partial charge in [-0.2, -0.15) is 4.39 Å². The van der Waals surface area contributed by atoms with E-state index in [0.29, 0.717) is 0 Å². The summed E-state index contributed by atoms with van der Waals surface area (Å²) >= 11 is 1.44. The van der Waals surface area contributed by atoms with Crippen molar-refractivity contribution in [2.45, 2.75) is 13.5 Å². The van der Waals surface area contributed by atoms with Crippen LogP contribution >= 0.6 is 11.3 Å². The second-order valence-electron chi connectivity index (χ2n) is 3.97. The summed E-state index contributed by atoms with van der Waals surface area (Å²) in [7, 11) is 0. The van der Waals surface area contributed by atoms with E-state index < -0.39 is 22.3 Å². The molecule has 1 N–H and O–H groups in total. The highest BCUT2D eigenvalue weighted by Gasteiger charge is 2.17. The number of nitrogens with zero attached hydrogens (tertiary/aromatic N) is 2. The van der Waals surface area contributed by atoms with Crippen molar-refractivity contribution in [1.82, 2.24) is 10.3 Å². The molecule has 0 unspecified atom stereocenters. The number of rotatable bonds is 4. The maximum absolute atomic E-state index is 13.2. The van der Waals surface area contributed by atoms with E-state index in [1.54, 1.807) is 6.20 Å². The van der Waals surface area contributed by atoms with E-state index in [2.05, 4.69) is 10.3 Å². The third-order valence-corrected chi connectivity index (χ3v) is 3.39. The van der Waals surface area contributed by atoms with Crippen molar-refractivity contribution in [2.75, 3.05) is 0 Å². The molecule has 0 aliphatic rings. The molecule has 0 bridgehead atoms. The van der Waals surface area contributed by atoms with Crippen LogP contribution < -0.4 is 5.32 Å². The lowest BCUT2D eigenvalue weighted by atomic mass is 10.2. The van der Waals surface area contributed by atoms with Crippen LogP contribution in [0.25, 0.3) is 0 Å². The van der Waals surface area contributed by atoms with Gasteiger partial charge < -0.3 is 5.32 Å². The zero-order valence-electron chi connectivity index (χ0n) is 10.4. The van der Waals surface area contributed by atoms with Crippen LogP contribution in [0.15, 0.2) is 24.4 Å². The minimum absolute atomic E-state index is 0.0337. The molecular weight excluding hydrogens is 285 g/mol. The topological polar surface area (TPSA) is 85.1 Å². The van der Waals surface area contributed by atoms with E-state index in [9.17, 15) is 19.3 Å². The molecule has 0 aliphatic heterocycles. The summed E-state index contributed by atoms with van der Waals surface area (Å²) in [6.07, 6.45) is 1.69. The van der Waals surface area contributed by atoms with E-state index in [1.165, 1.54) is 17.4 Å². The van der Waals surface area contributed by atoms with Crippen molar-refractivity contribution in [2.24, 2.45) is 0 Å². The SMILES string of the molecule is Cc1cnc(CNC(=O)c2ccc(F)c([N+](=O)[O-])c2)s1. The molecule has 1 aromatic carbocycles. The Morgan fingerprint density at radius 1 is 1.55 bits per heavy atom. The summed E-state index contributed by atoms with van der Waals surface area (Å²) in [5, 5.41) is 13.9. The van der Waals surface area contributed by atoms with Crippen molar-refractivity contribution in [1.29, 1.82) is 0 Å². The number of aromatic nitrogens is 1. The summed E-state index contributed by atoms with van der Waals surface area (Å²) in [6.45, 7) is 2.12. The first-order chi connectivity index (χ1) is 9.47. The van der Waals surface area contributed by atoms with Crippen molar-refractivity contribution in [3.8, 4) is 0 Å². The quantitative estimate of drug-likeness (QED) is 0.693. The van der Waals surface area contributed by atoms with Crippen LogP contribution in [0.2, 0.25) is 0 Å². The fourth-order valence-electron chi connectivity index (χ4n) is 1.53. The lowest BCUT2D eigenvalue weighted by Gasteiger charge is -2.03. The molecule has 0 spiro atoms. The number of nitrogens with one attached hydrogen (secondary N) is 1. The highest BCUT2D eigenvalue weighted by molar-refractivity contribution is 7.11. The Morgan fingerprint density at radius 2 is 2.30 bits per heavy atom. The minimum Gasteiger partial charge on any atom is -0.346 e. The third-order valence-electron chi connectivity index (χ3n) is 2.47. The predicted molar refractivity (Wildman–Crippen MR) is 71.1 cm³/mol. The zero-order valence-corrected chi connectivity index (χ0v) is 11.2.